The molecule has 2 heterocycles. The van der Waals surface area contributed by atoms with Gasteiger partial charge in [-0.05, 0) is 37.4 Å². The average Bonchev–Trinajstić information content (AvgIpc) is 3.01. The van der Waals surface area contributed by atoms with Crippen molar-refractivity contribution in [2.75, 3.05) is 13.2 Å². The Bertz CT molecular complexity index is 481. The molecule has 0 amide bonds. The molecule has 0 bridgehead atoms. The molecule has 0 N–H and O–H groups in total. The zero-order valence-electron chi connectivity index (χ0n) is 16.4. The van der Waals surface area contributed by atoms with Crippen molar-refractivity contribution < 1.29 is 23.4 Å². The molecule has 144 valence electrons. The molecule has 2 saturated heterocycles. The van der Waals surface area contributed by atoms with Crippen LogP contribution in [0.5, 0.6) is 0 Å². The second-order valence-electron chi connectivity index (χ2n) is 9.34. The van der Waals surface area contributed by atoms with E-state index in [1.54, 1.807) is 0 Å². The highest BCUT2D eigenvalue weighted by molar-refractivity contribution is 6.74. The van der Waals surface area contributed by atoms with Crippen molar-refractivity contribution in [3.63, 3.8) is 0 Å². The van der Waals surface area contributed by atoms with Crippen LogP contribution in [-0.2, 0) is 23.4 Å². The lowest BCUT2D eigenvalue weighted by molar-refractivity contribution is -0.198. The van der Waals surface area contributed by atoms with Gasteiger partial charge in [-0.2, -0.15) is 0 Å². The minimum absolute atomic E-state index is 0.00546. The van der Waals surface area contributed by atoms with E-state index in [9.17, 15) is 4.79 Å². The summed E-state index contributed by atoms with van der Waals surface area (Å²) in [5.41, 5.74) is 0. The Kier molecular flexibility index (Phi) is 5.64. The number of ether oxygens (including phenoxy) is 3. The van der Waals surface area contributed by atoms with Gasteiger partial charge >= 0.3 is 5.97 Å². The number of rotatable bonds is 5. The summed E-state index contributed by atoms with van der Waals surface area (Å²) in [5, 5.41) is 0.176. The summed E-state index contributed by atoms with van der Waals surface area (Å²) in [6.45, 7) is 12.7. The Morgan fingerprint density at radius 1 is 1.24 bits per heavy atom. The van der Waals surface area contributed by atoms with Crippen LogP contribution in [0.1, 0.15) is 52.9 Å². The van der Waals surface area contributed by atoms with Crippen LogP contribution in [0.25, 0.3) is 0 Å². The lowest BCUT2D eigenvalue weighted by Gasteiger charge is -2.38. The third-order valence-electron chi connectivity index (χ3n) is 6.56. The zero-order chi connectivity index (χ0) is 18.2. The lowest BCUT2D eigenvalue weighted by Crippen LogP contribution is -2.44. The quantitative estimate of drug-likeness (QED) is 0.543. The molecule has 1 aliphatic carbocycles. The van der Waals surface area contributed by atoms with Crippen LogP contribution in [0.15, 0.2) is 0 Å². The average molecular weight is 371 g/mol. The number of carbonyl (C=O) groups excluding carboxylic acids is 1. The summed E-state index contributed by atoms with van der Waals surface area (Å²) >= 11 is 0. The smallest absolute Gasteiger partial charge is 0.306 e. The molecule has 1 saturated carbocycles. The van der Waals surface area contributed by atoms with Crippen LogP contribution in [0.4, 0.5) is 0 Å². The Balaban J connectivity index is 1.66. The van der Waals surface area contributed by atoms with Crippen molar-refractivity contribution in [3.8, 4) is 0 Å². The first-order chi connectivity index (χ1) is 11.7. The molecule has 3 rings (SSSR count). The summed E-state index contributed by atoms with van der Waals surface area (Å²) in [6, 6.07) is 0. The van der Waals surface area contributed by atoms with Gasteiger partial charge in [0.05, 0.1) is 12.5 Å². The second-order valence-corrected chi connectivity index (χ2v) is 14.1. The summed E-state index contributed by atoms with van der Waals surface area (Å²) in [4.78, 5) is 11.7. The van der Waals surface area contributed by atoms with Gasteiger partial charge in [0.2, 0.25) is 0 Å². The van der Waals surface area contributed by atoms with E-state index < -0.39 is 8.32 Å². The Hall–Kier alpha value is -0.433. The Morgan fingerprint density at radius 2 is 2.00 bits per heavy atom. The van der Waals surface area contributed by atoms with E-state index in [0.717, 1.165) is 32.3 Å². The highest BCUT2D eigenvalue weighted by Gasteiger charge is 2.52. The molecule has 0 spiro atoms. The summed E-state index contributed by atoms with van der Waals surface area (Å²) < 4.78 is 24.1. The third kappa shape index (κ3) is 4.29. The minimum atomic E-state index is -1.83. The van der Waals surface area contributed by atoms with E-state index in [-0.39, 0.29) is 41.3 Å². The molecule has 0 aromatic rings. The first kappa shape index (κ1) is 19.3. The standard InChI is InChI=1S/C19H34O5Si/c1-19(2,3)25(4,5)22-12-14-13-10-17(20)23-15(13)11-16(14)24-18-8-6-7-9-21-18/h13-16,18H,6-12H2,1-5H3/t13-,14-,15+,16-,18-/m1/s1. The summed E-state index contributed by atoms with van der Waals surface area (Å²) in [7, 11) is -1.83. The van der Waals surface area contributed by atoms with Gasteiger partial charge < -0.3 is 18.6 Å². The predicted octanol–water partition coefficient (Wildman–Crippen LogP) is 3.87. The van der Waals surface area contributed by atoms with Crippen molar-refractivity contribution >= 4 is 14.3 Å². The van der Waals surface area contributed by atoms with Gasteiger partial charge in [-0.1, -0.05) is 20.8 Å². The molecule has 0 unspecified atom stereocenters. The lowest BCUT2D eigenvalue weighted by atomic mass is 9.93. The van der Waals surface area contributed by atoms with E-state index in [0.29, 0.717) is 13.0 Å². The zero-order valence-corrected chi connectivity index (χ0v) is 17.4. The number of fused-ring (bicyclic) bond motifs is 1. The molecule has 25 heavy (non-hydrogen) atoms. The maximum atomic E-state index is 11.7. The van der Waals surface area contributed by atoms with Crippen LogP contribution < -0.4 is 0 Å². The Morgan fingerprint density at radius 3 is 2.64 bits per heavy atom. The molecule has 5 atom stereocenters. The molecule has 3 fully saturated rings. The van der Waals surface area contributed by atoms with Crippen LogP contribution in [0, 0.1) is 11.8 Å². The highest BCUT2D eigenvalue weighted by Crippen LogP contribution is 2.45. The molecule has 3 aliphatic rings. The molecule has 5 nitrogen and oxygen atoms in total. The van der Waals surface area contributed by atoms with Gasteiger partial charge in [0, 0.05) is 31.5 Å². The highest BCUT2D eigenvalue weighted by atomic mass is 28.4. The number of carbonyl (C=O) groups is 1. The monoisotopic (exact) mass is 370 g/mol. The van der Waals surface area contributed by atoms with E-state index in [1.807, 2.05) is 0 Å². The van der Waals surface area contributed by atoms with E-state index in [1.165, 1.54) is 0 Å². The van der Waals surface area contributed by atoms with E-state index in [4.69, 9.17) is 18.6 Å². The number of hydrogen-bond acceptors (Lipinski definition) is 5. The topological polar surface area (TPSA) is 54.0 Å². The Labute approximate surface area is 152 Å². The van der Waals surface area contributed by atoms with E-state index >= 15 is 0 Å². The molecular formula is C19H34O5Si. The second kappa shape index (κ2) is 7.29. The largest absolute Gasteiger partial charge is 0.462 e. The summed E-state index contributed by atoms with van der Waals surface area (Å²) in [5.74, 6) is 0.377. The fourth-order valence-electron chi connectivity index (χ4n) is 3.88. The van der Waals surface area contributed by atoms with Gasteiger partial charge in [-0.3, -0.25) is 4.79 Å². The van der Waals surface area contributed by atoms with Gasteiger partial charge in [0.1, 0.15) is 6.10 Å². The molecule has 0 aromatic carbocycles. The molecule has 0 radical (unpaired) electrons. The number of hydrogen-bond donors (Lipinski definition) is 0. The first-order valence-electron chi connectivity index (χ1n) is 9.78. The maximum Gasteiger partial charge on any atom is 0.306 e. The van der Waals surface area contributed by atoms with Gasteiger partial charge in [-0.25, -0.2) is 0 Å². The van der Waals surface area contributed by atoms with Crippen molar-refractivity contribution in [1.82, 2.24) is 0 Å². The molecular weight excluding hydrogens is 336 g/mol. The van der Waals surface area contributed by atoms with E-state index in [2.05, 4.69) is 33.9 Å². The minimum Gasteiger partial charge on any atom is -0.462 e. The van der Waals surface area contributed by atoms with Crippen LogP contribution in [0.2, 0.25) is 18.1 Å². The van der Waals surface area contributed by atoms with Crippen LogP contribution in [-0.4, -0.2) is 46.0 Å². The van der Waals surface area contributed by atoms with Crippen molar-refractivity contribution in [1.29, 1.82) is 0 Å². The van der Waals surface area contributed by atoms with Crippen LogP contribution in [0.3, 0.4) is 0 Å². The van der Waals surface area contributed by atoms with Crippen LogP contribution >= 0.6 is 0 Å². The van der Waals surface area contributed by atoms with Gasteiger partial charge in [-0.15, -0.1) is 0 Å². The fourth-order valence-corrected chi connectivity index (χ4v) is 4.92. The summed E-state index contributed by atoms with van der Waals surface area (Å²) in [6.07, 6.45) is 4.47. The molecule has 6 heteroatoms. The number of esters is 1. The third-order valence-corrected chi connectivity index (χ3v) is 11.1. The van der Waals surface area contributed by atoms with Crippen molar-refractivity contribution in [2.24, 2.45) is 11.8 Å². The van der Waals surface area contributed by atoms with Crippen molar-refractivity contribution in [3.05, 3.63) is 0 Å². The molecule has 0 aromatic heterocycles. The fraction of sp³-hybridized carbons (Fsp3) is 0.947. The normalized spacial score (nSPS) is 36.4. The molecule has 2 aliphatic heterocycles. The maximum absolute atomic E-state index is 11.7. The van der Waals surface area contributed by atoms with Crippen molar-refractivity contribution in [2.45, 2.75) is 89.5 Å². The predicted molar refractivity (Wildman–Crippen MR) is 97.7 cm³/mol. The SMILES string of the molecule is CC(C)(C)[Si](C)(C)OC[C@@H]1[C@H]2CC(=O)O[C@H]2C[C@H]1O[C@@H]1CCCCO1. The van der Waals surface area contributed by atoms with Gasteiger partial charge in [0.15, 0.2) is 14.6 Å². The van der Waals surface area contributed by atoms with Gasteiger partial charge in [0.25, 0.3) is 0 Å². The first-order valence-corrected chi connectivity index (χ1v) is 12.7.